The zero-order valence-corrected chi connectivity index (χ0v) is 24.9. The van der Waals surface area contributed by atoms with Crippen LogP contribution in [0.25, 0.3) is 0 Å². The van der Waals surface area contributed by atoms with Crippen molar-refractivity contribution < 1.29 is 0 Å². The van der Waals surface area contributed by atoms with E-state index in [1.54, 1.807) is 32.2 Å². The van der Waals surface area contributed by atoms with Gasteiger partial charge in [0.25, 0.3) is 0 Å². The van der Waals surface area contributed by atoms with E-state index in [1.165, 1.54) is 20.0 Å². The standard InChI is InChI=1S/C14H10S10Se2/c1-15-5-6(16-2)20-11(19-5)14-25-12-13(26-14)24-10(23-12)9-21-7-8(22-9)18-4-3-17-7/h3-4H2,1-2H3. The molecule has 0 aromatic carbocycles. The van der Waals surface area contributed by atoms with Crippen molar-refractivity contribution in [3.63, 3.8) is 0 Å². The van der Waals surface area contributed by atoms with Crippen LogP contribution in [0, 0.1) is 0 Å². The Kier molecular flexibility index (Phi) is 7.62. The van der Waals surface area contributed by atoms with Crippen molar-refractivity contribution in [1.29, 1.82) is 0 Å². The molecule has 12 heteroatoms. The molecule has 0 radical (unpaired) electrons. The Morgan fingerprint density at radius 3 is 1.62 bits per heavy atom. The maximum absolute atomic E-state index is 2.21. The molecule has 5 rings (SSSR count). The molecule has 5 heterocycles. The Labute approximate surface area is 209 Å². The summed E-state index contributed by atoms with van der Waals surface area (Å²) >= 11 is 21.4. The van der Waals surface area contributed by atoms with Gasteiger partial charge in [-0.25, -0.2) is 0 Å². The summed E-state index contributed by atoms with van der Waals surface area (Å²) in [6.07, 6.45) is 4.42. The molecule has 0 N–H and O–H groups in total. The van der Waals surface area contributed by atoms with Crippen LogP contribution in [0.15, 0.2) is 40.6 Å². The molecule has 0 aliphatic carbocycles. The van der Waals surface area contributed by atoms with E-state index in [0.29, 0.717) is 29.9 Å². The van der Waals surface area contributed by atoms with Crippen molar-refractivity contribution in [3.8, 4) is 0 Å². The van der Waals surface area contributed by atoms with E-state index in [2.05, 4.69) is 59.6 Å². The molecule has 5 aliphatic heterocycles. The summed E-state index contributed by atoms with van der Waals surface area (Å²) < 4.78 is 16.1. The van der Waals surface area contributed by atoms with Crippen LogP contribution < -0.4 is 0 Å². The van der Waals surface area contributed by atoms with E-state index in [0.717, 1.165) is 0 Å². The van der Waals surface area contributed by atoms with Gasteiger partial charge in [-0.05, 0) is 0 Å². The van der Waals surface area contributed by atoms with Crippen LogP contribution >= 0.6 is 118 Å². The second kappa shape index (κ2) is 9.39. The summed E-state index contributed by atoms with van der Waals surface area (Å²) in [5.41, 5.74) is 0. The van der Waals surface area contributed by atoms with Gasteiger partial charge in [-0.1, -0.05) is 0 Å². The summed E-state index contributed by atoms with van der Waals surface area (Å²) in [6, 6.07) is 0. The number of rotatable bonds is 2. The molecular weight excluding hydrogens is 647 g/mol. The number of hydrogen-bond donors (Lipinski definition) is 0. The van der Waals surface area contributed by atoms with Crippen LogP contribution in [-0.2, 0) is 0 Å². The Morgan fingerprint density at radius 1 is 0.615 bits per heavy atom. The van der Waals surface area contributed by atoms with Crippen LogP contribution in [0.2, 0.25) is 0 Å². The first-order valence-electron chi connectivity index (χ1n) is 7.23. The molecule has 0 bridgehead atoms. The molecule has 0 aromatic rings. The van der Waals surface area contributed by atoms with Crippen molar-refractivity contribution in [3.05, 3.63) is 40.6 Å². The first-order valence-corrected chi connectivity index (χ1v) is 20.0. The Morgan fingerprint density at radius 2 is 1.12 bits per heavy atom. The van der Waals surface area contributed by atoms with Gasteiger partial charge in [0, 0.05) is 0 Å². The van der Waals surface area contributed by atoms with E-state index in [4.69, 9.17) is 0 Å². The second-order valence-corrected chi connectivity index (χ2v) is 23.3. The first-order chi connectivity index (χ1) is 12.7. The van der Waals surface area contributed by atoms with Gasteiger partial charge in [0.05, 0.1) is 0 Å². The predicted octanol–water partition coefficient (Wildman–Crippen LogP) is 7.69. The molecule has 138 valence electrons. The minimum atomic E-state index is 0.562. The fraction of sp³-hybridized carbons (Fsp3) is 0.286. The van der Waals surface area contributed by atoms with Gasteiger partial charge in [-0.15, -0.1) is 0 Å². The van der Waals surface area contributed by atoms with Gasteiger partial charge < -0.3 is 0 Å². The van der Waals surface area contributed by atoms with E-state index in [9.17, 15) is 0 Å². The van der Waals surface area contributed by atoms with Crippen LogP contribution in [-0.4, -0.2) is 53.9 Å². The fourth-order valence-electron chi connectivity index (χ4n) is 2.16. The monoisotopic (exact) mass is 658 g/mol. The van der Waals surface area contributed by atoms with Crippen molar-refractivity contribution >= 4 is 148 Å². The number of hydrogen-bond acceptors (Lipinski definition) is 10. The average Bonchev–Trinajstić information content (AvgIpc) is 3.39. The zero-order chi connectivity index (χ0) is 17.7. The van der Waals surface area contributed by atoms with Crippen molar-refractivity contribution in [2.45, 2.75) is 0 Å². The predicted molar refractivity (Wildman–Crippen MR) is 144 cm³/mol. The van der Waals surface area contributed by atoms with Gasteiger partial charge >= 0.3 is 212 Å². The summed E-state index contributed by atoms with van der Waals surface area (Å²) in [6.45, 7) is 0. The minimum absolute atomic E-state index is 0.562. The van der Waals surface area contributed by atoms with Gasteiger partial charge in [-0.2, -0.15) is 0 Å². The SMILES string of the molecule is CSC1=C(SC)SC(=C2[Se]C3=C(SC(=C4SC5=C(SCCS5)S4)S3)[Se]2)S1. The summed E-state index contributed by atoms with van der Waals surface area (Å²) in [4.78, 5) is 0. The molecule has 5 aliphatic rings. The normalized spacial score (nSPS) is 26.1. The molecule has 0 amide bonds. The molecule has 0 saturated heterocycles. The topological polar surface area (TPSA) is 0 Å². The van der Waals surface area contributed by atoms with Crippen molar-refractivity contribution in [1.82, 2.24) is 0 Å². The fourth-order valence-corrected chi connectivity index (χ4v) is 27.0. The van der Waals surface area contributed by atoms with E-state index in [1.807, 2.05) is 70.6 Å². The second-order valence-electron chi connectivity index (χ2n) is 4.80. The molecule has 26 heavy (non-hydrogen) atoms. The zero-order valence-electron chi connectivity index (χ0n) is 13.3. The van der Waals surface area contributed by atoms with Crippen molar-refractivity contribution in [2.24, 2.45) is 0 Å². The van der Waals surface area contributed by atoms with Crippen LogP contribution in [0.5, 0.6) is 0 Å². The molecule has 0 aromatic heterocycles. The molecular formula is C14H10S10Se2. The van der Waals surface area contributed by atoms with Crippen molar-refractivity contribution in [2.75, 3.05) is 24.0 Å². The summed E-state index contributed by atoms with van der Waals surface area (Å²) in [7, 11) is 0. The third-order valence-corrected chi connectivity index (χ3v) is 26.4. The first kappa shape index (κ1) is 21.1. The van der Waals surface area contributed by atoms with E-state index < -0.39 is 0 Å². The summed E-state index contributed by atoms with van der Waals surface area (Å²) in [5, 5.41) is 0. The van der Waals surface area contributed by atoms with Crippen LogP contribution in [0.4, 0.5) is 0 Å². The van der Waals surface area contributed by atoms with Gasteiger partial charge in [0.2, 0.25) is 0 Å². The molecule has 0 spiro atoms. The van der Waals surface area contributed by atoms with Crippen LogP contribution in [0.1, 0.15) is 0 Å². The molecule has 0 nitrogen and oxygen atoms in total. The summed E-state index contributed by atoms with van der Waals surface area (Å²) in [5.74, 6) is 2.55. The Hall–Kier alpha value is 3.24. The Balaban J connectivity index is 1.27. The molecule has 0 fully saturated rings. The third kappa shape index (κ3) is 4.27. The molecule has 0 unspecified atom stereocenters. The van der Waals surface area contributed by atoms with E-state index >= 15 is 0 Å². The van der Waals surface area contributed by atoms with Gasteiger partial charge in [-0.3, -0.25) is 0 Å². The van der Waals surface area contributed by atoms with Crippen LogP contribution in [0.3, 0.4) is 0 Å². The quantitative estimate of drug-likeness (QED) is 0.270. The van der Waals surface area contributed by atoms with Gasteiger partial charge in [0.15, 0.2) is 0 Å². The Bertz CT molecular complexity index is 729. The van der Waals surface area contributed by atoms with Gasteiger partial charge in [0.1, 0.15) is 0 Å². The number of thioether (sulfide) groups is 10. The third-order valence-electron chi connectivity index (χ3n) is 3.24. The molecule has 0 atom stereocenters. The average molecular weight is 657 g/mol. The molecule has 0 saturated carbocycles. The maximum atomic E-state index is 2.21. The van der Waals surface area contributed by atoms with E-state index in [-0.39, 0.29) is 0 Å².